The molecule has 0 bridgehead atoms. The zero-order chi connectivity index (χ0) is 10.3. The highest BCUT2D eigenvalue weighted by atomic mass is 32.2. The van der Waals surface area contributed by atoms with Crippen molar-refractivity contribution in [3.8, 4) is 0 Å². The van der Waals surface area contributed by atoms with E-state index in [2.05, 4.69) is 13.0 Å². The molecule has 0 radical (unpaired) electrons. The van der Waals surface area contributed by atoms with E-state index in [-0.39, 0.29) is 5.50 Å². The average Bonchev–Trinajstić information content (AvgIpc) is 2.39. The first-order valence-electron chi connectivity index (χ1n) is 4.59. The number of benzene rings is 1. The van der Waals surface area contributed by atoms with Crippen LogP contribution in [0, 0.1) is 6.92 Å². The molecular weight excluding hydrogens is 196 g/mol. The lowest BCUT2D eigenvalue weighted by molar-refractivity contribution is 0.186. The van der Waals surface area contributed by atoms with E-state index < -0.39 is 6.23 Å². The molecule has 2 unspecified atom stereocenters. The van der Waals surface area contributed by atoms with E-state index in [0.29, 0.717) is 0 Å². The second-order valence-corrected chi connectivity index (χ2v) is 4.68. The number of aliphatic hydroxyl groups is 1. The zero-order valence-electron chi connectivity index (χ0n) is 8.27. The van der Waals surface area contributed by atoms with Gasteiger partial charge in [0.2, 0.25) is 0 Å². The zero-order valence-corrected chi connectivity index (χ0v) is 9.08. The van der Waals surface area contributed by atoms with Gasteiger partial charge in [-0.3, -0.25) is 0 Å². The standard InChI is InChI=1S/C10H14N2OS/c1-6-3-4-8-9(5-6)14-10(11)12(8)7(2)13/h3-5,7,10,13H,11H2,1-2H3. The van der Waals surface area contributed by atoms with E-state index in [1.807, 2.05) is 17.0 Å². The number of aryl methyl sites for hydroxylation is 1. The predicted molar refractivity (Wildman–Crippen MR) is 59.2 cm³/mol. The van der Waals surface area contributed by atoms with Crippen LogP contribution < -0.4 is 10.6 Å². The highest BCUT2D eigenvalue weighted by Gasteiger charge is 2.29. The van der Waals surface area contributed by atoms with Gasteiger partial charge in [-0.15, -0.1) is 0 Å². The molecule has 1 aromatic rings. The summed E-state index contributed by atoms with van der Waals surface area (Å²) in [7, 11) is 0. The second-order valence-electron chi connectivity index (χ2n) is 3.52. The largest absolute Gasteiger partial charge is 0.374 e. The van der Waals surface area contributed by atoms with Crippen molar-refractivity contribution < 1.29 is 5.11 Å². The molecule has 2 atom stereocenters. The van der Waals surface area contributed by atoms with Crippen LogP contribution in [0.25, 0.3) is 0 Å². The molecule has 2 rings (SSSR count). The van der Waals surface area contributed by atoms with Gasteiger partial charge in [0.1, 0.15) is 11.7 Å². The molecular formula is C10H14N2OS. The maximum Gasteiger partial charge on any atom is 0.132 e. The van der Waals surface area contributed by atoms with Crippen molar-refractivity contribution in [2.24, 2.45) is 5.73 Å². The number of aliphatic hydroxyl groups excluding tert-OH is 1. The second kappa shape index (κ2) is 3.46. The van der Waals surface area contributed by atoms with Gasteiger partial charge in [-0.1, -0.05) is 17.8 Å². The van der Waals surface area contributed by atoms with Crippen LogP contribution in [-0.4, -0.2) is 16.8 Å². The minimum atomic E-state index is -0.540. The van der Waals surface area contributed by atoms with Gasteiger partial charge in [-0.05, 0) is 31.5 Å². The van der Waals surface area contributed by atoms with Gasteiger partial charge in [-0.25, -0.2) is 0 Å². The molecule has 1 aliphatic rings. The molecule has 3 nitrogen and oxygen atoms in total. The fraction of sp³-hybridized carbons (Fsp3) is 0.400. The van der Waals surface area contributed by atoms with Crippen molar-refractivity contribution in [2.75, 3.05) is 4.90 Å². The molecule has 0 saturated carbocycles. The normalized spacial score (nSPS) is 22.3. The van der Waals surface area contributed by atoms with E-state index in [1.165, 1.54) is 5.56 Å². The quantitative estimate of drug-likeness (QED) is 0.737. The summed E-state index contributed by atoms with van der Waals surface area (Å²) < 4.78 is 0. The summed E-state index contributed by atoms with van der Waals surface area (Å²) in [6.07, 6.45) is -0.540. The highest BCUT2D eigenvalue weighted by molar-refractivity contribution is 8.00. The fourth-order valence-corrected chi connectivity index (χ4v) is 2.88. The number of rotatable bonds is 1. The summed E-state index contributed by atoms with van der Waals surface area (Å²) >= 11 is 1.59. The van der Waals surface area contributed by atoms with Crippen LogP contribution in [-0.2, 0) is 0 Å². The molecule has 1 heterocycles. The van der Waals surface area contributed by atoms with Crippen LogP contribution in [0.5, 0.6) is 0 Å². The Labute approximate surface area is 87.9 Å². The van der Waals surface area contributed by atoms with E-state index in [9.17, 15) is 5.11 Å². The lowest BCUT2D eigenvalue weighted by Crippen LogP contribution is -2.42. The molecule has 76 valence electrons. The van der Waals surface area contributed by atoms with Crippen LogP contribution in [0.4, 0.5) is 5.69 Å². The number of anilines is 1. The van der Waals surface area contributed by atoms with Crippen molar-refractivity contribution in [3.05, 3.63) is 23.8 Å². The Morgan fingerprint density at radius 2 is 2.29 bits per heavy atom. The molecule has 4 heteroatoms. The highest BCUT2D eigenvalue weighted by Crippen LogP contribution is 2.42. The Balaban J connectivity index is 2.42. The average molecular weight is 210 g/mol. The third-order valence-electron chi connectivity index (χ3n) is 2.32. The third kappa shape index (κ3) is 1.49. The number of fused-ring (bicyclic) bond motifs is 1. The van der Waals surface area contributed by atoms with Gasteiger partial charge in [0.15, 0.2) is 0 Å². The Bertz CT molecular complexity index is 354. The summed E-state index contributed by atoms with van der Waals surface area (Å²) in [6, 6.07) is 6.15. The Morgan fingerprint density at radius 1 is 1.57 bits per heavy atom. The maximum absolute atomic E-state index is 9.57. The van der Waals surface area contributed by atoms with Crippen LogP contribution in [0.3, 0.4) is 0 Å². The summed E-state index contributed by atoms with van der Waals surface area (Å²) in [5.41, 5.74) is 7.98. The van der Waals surface area contributed by atoms with Gasteiger partial charge in [0.05, 0.1) is 5.69 Å². The number of nitrogens with zero attached hydrogens (tertiary/aromatic N) is 1. The SMILES string of the molecule is Cc1ccc2c(c1)SC(N)N2C(C)O. The minimum Gasteiger partial charge on any atom is -0.374 e. The number of thioether (sulfide) groups is 1. The van der Waals surface area contributed by atoms with Crippen molar-refractivity contribution in [3.63, 3.8) is 0 Å². The Hall–Kier alpha value is -0.710. The van der Waals surface area contributed by atoms with E-state index in [0.717, 1.165) is 10.6 Å². The summed E-state index contributed by atoms with van der Waals surface area (Å²) in [5.74, 6) is 0. The molecule has 0 fully saturated rings. The number of hydrogen-bond donors (Lipinski definition) is 2. The van der Waals surface area contributed by atoms with Gasteiger partial charge in [-0.2, -0.15) is 0 Å². The molecule has 0 aromatic heterocycles. The molecule has 1 aliphatic heterocycles. The topological polar surface area (TPSA) is 49.5 Å². The van der Waals surface area contributed by atoms with Crippen LogP contribution >= 0.6 is 11.8 Å². The van der Waals surface area contributed by atoms with Gasteiger partial charge in [0.25, 0.3) is 0 Å². The van der Waals surface area contributed by atoms with Gasteiger partial charge < -0.3 is 15.7 Å². The first-order chi connectivity index (χ1) is 6.59. The molecule has 0 spiro atoms. The molecule has 0 aliphatic carbocycles. The lowest BCUT2D eigenvalue weighted by Gasteiger charge is -2.26. The van der Waals surface area contributed by atoms with Crippen LogP contribution in [0.2, 0.25) is 0 Å². The first-order valence-corrected chi connectivity index (χ1v) is 5.47. The minimum absolute atomic E-state index is 0.174. The monoisotopic (exact) mass is 210 g/mol. The van der Waals surface area contributed by atoms with Crippen LogP contribution in [0.15, 0.2) is 23.1 Å². The lowest BCUT2D eigenvalue weighted by atomic mass is 10.2. The predicted octanol–water partition coefficient (Wildman–Crippen LogP) is 1.49. The van der Waals surface area contributed by atoms with Crippen LogP contribution in [0.1, 0.15) is 12.5 Å². The summed E-state index contributed by atoms with van der Waals surface area (Å²) in [4.78, 5) is 2.97. The molecule has 1 aromatic carbocycles. The fourth-order valence-electron chi connectivity index (χ4n) is 1.67. The Kier molecular flexibility index (Phi) is 2.43. The van der Waals surface area contributed by atoms with Crippen molar-refractivity contribution >= 4 is 17.4 Å². The molecule has 0 amide bonds. The van der Waals surface area contributed by atoms with Gasteiger partial charge >= 0.3 is 0 Å². The van der Waals surface area contributed by atoms with Crippen molar-refractivity contribution in [1.82, 2.24) is 0 Å². The smallest absolute Gasteiger partial charge is 0.132 e. The van der Waals surface area contributed by atoms with E-state index in [1.54, 1.807) is 18.7 Å². The summed E-state index contributed by atoms with van der Waals surface area (Å²) in [6.45, 7) is 3.78. The van der Waals surface area contributed by atoms with Gasteiger partial charge in [0, 0.05) is 4.90 Å². The van der Waals surface area contributed by atoms with E-state index >= 15 is 0 Å². The first kappa shape index (κ1) is 9.83. The summed E-state index contributed by atoms with van der Waals surface area (Å²) in [5, 5.41) is 9.57. The van der Waals surface area contributed by atoms with Crippen molar-refractivity contribution in [1.29, 1.82) is 0 Å². The number of nitrogens with two attached hydrogens (primary N) is 1. The maximum atomic E-state index is 9.57. The Morgan fingerprint density at radius 3 is 2.93 bits per heavy atom. The van der Waals surface area contributed by atoms with Crippen molar-refractivity contribution in [2.45, 2.75) is 30.5 Å². The molecule has 0 saturated heterocycles. The molecule has 14 heavy (non-hydrogen) atoms. The third-order valence-corrected chi connectivity index (χ3v) is 3.37. The molecule has 3 N–H and O–H groups in total. The number of hydrogen-bond acceptors (Lipinski definition) is 4. The van der Waals surface area contributed by atoms with E-state index in [4.69, 9.17) is 5.73 Å².